The van der Waals surface area contributed by atoms with Crippen LogP contribution < -0.4 is 10.1 Å². The molecule has 0 saturated carbocycles. The van der Waals surface area contributed by atoms with E-state index in [1.807, 2.05) is 40.9 Å². The SMILES string of the molecule is CC(C)(C)Nc1c(-c2cccc(OC(=O)c3ccc(Cl)cc3Cl)c2)nc2ccccn12. The zero-order valence-corrected chi connectivity index (χ0v) is 18.8. The second-order valence-corrected chi connectivity index (χ2v) is 9.00. The average Bonchev–Trinajstić information content (AvgIpc) is 3.05. The van der Waals surface area contributed by atoms with E-state index in [0.29, 0.717) is 10.8 Å². The first-order valence-corrected chi connectivity index (χ1v) is 10.5. The van der Waals surface area contributed by atoms with Crippen molar-refractivity contribution in [2.45, 2.75) is 26.3 Å². The molecule has 1 N–H and O–H groups in total. The van der Waals surface area contributed by atoms with Gasteiger partial charge in [0, 0.05) is 22.3 Å². The maximum atomic E-state index is 12.6. The lowest BCUT2D eigenvalue weighted by Gasteiger charge is -2.22. The highest BCUT2D eigenvalue weighted by atomic mass is 35.5. The van der Waals surface area contributed by atoms with Gasteiger partial charge in [-0.1, -0.05) is 41.4 Å². The van der Waals surface area contributed by atoms with Gasteiger partial charge in [0.05, 0.1) is 10.6 Å². The van der Waals surface area contributed by atoms with Crippen molar-refractivity contribution in [1.29, 1.82) is 0 Å². The molecule has 2 heterocycles. The normalized spacial score (nSPS) is 11.5. The Kier molecular flexibility index (Phi) is 5.65. The molecule has 0 aliphatic carbocycles. The van der Waals surface area contributed by atoms with Crippen LogP contribution in [0.15, 0.2) is 66.9 Å². The van der Waals surface area contributed by atoms with Crippen molar-refractivity contribution in [3.63, 3.8) is 0 Å². The summed E-state index contributed by atoms with van der Waals surface area (Å²) in [4.78, 5) is 17.4. The molecule has 0 unspecified atom stereocenters. The van der Waals surface area contributed by atoms with E-state index in [4.69, 9.17) is 32.9 Å². The Morgan fingerprint density at radius 1 is 1.03 bits per heavy atom. The average molecular weight is 454 g/mol. The van der Waals surface area contributed by atoms with E-state index >= 15 is 0 Å². The molecule has 2 aromatic heterocycles. The van der Waals surface area contributed by atoms with Gasteiger partial charge in [-0.2, -0.15) is 0 Å². The minimum atomic E-state index is -0.554. The van der Waals surface area contributed by atoms with Crippen LogP contribution in [0.4, 0.5) is 5.82 Å². The molecule has 5 nitrogen and oxygen atoms in total. The molecular weight excluding hydrogens is 433 g/mol. The van der Waals surface area contributed by atoms with Gasteiger partial charge in [0.2, 0.25) is 0 Å². The Morgan fingerprint density at radius 2 is 1.84 bits per heavy atom. The van der Waals surface area contributed by atoms with Crippen LogP contribution in [-0.4, -0.2) is 20.9 Å². The van der Waals surface area contributed by atoms with Crippen molar-refractivity contribution in [1.82, 2.24) is 9.38 Å². The molecular formula is C24H21Cl2N3O2. The summed E-state index contributed by atoms with van der Waals surface area (Å²) in [6.07, 6.45) is 1.96. The summed E-state index contributed by atoms with van der Waals surface area (Å²) in [5, 5.41) is 4.23. The maximum Gasteiger partial charge on any atom is 0.345 e. The van der Waals surface area contributed by atoms with Crippen LogP contribution in [0.3, 0.4) is 0 Å². The summed E-state index contributed by atoms with van der Waals surface area (Å²) in [5.41, 5.74) is 2.49. The maximum absolute atomic E-state index is 12.6. The molecule has 0 spiro atoms. The largest absolute Gasteiger partial charge is 0.423 e. The van der Waals surface area contributed by atoms with Gasteiger partial charge in [-0.25, -0.2) is 9.78 Å². The number of carbonyl (C=O) groups excluding carboxylic acids is 1. The van der Waals surface area contributed by atoms with Crippen molar-refractivity contribution in [2.75, 3.05) is 5.32 Å². The molecule has 2 aromatic carbocycles. The van der Waals surface area contributed by atoms with E-state index < -0.39 is 5.97 Å². The Bertz CT molecular complexity index is 1280. The van der Waals surface area contributed by atoms with E-state index in [-0.39, 0.29) is 16.1 Å². The number of nitrogens with zero attached hydrogens (tertiary/aromatic N) is 2. The lowest BCUT2D eigenvalue weighted by Crippen LogP contribution is -2.27. The zero-order chi connectivity index (χ0) is 22.2. The number of imidazole rings is 1. The first-order chi connectivity index (χ1) is 14.7. The number of esters is 1. The van der Waals surface area contributed by atoms with Gasteiger partial charge >= 0.3 is 5.97 Å². The van der Waals surface area contributed by atoms with Crippen molar-refractivity contribution in [3.05, 3.63) is 82.5 Å². The van der Waals surface area contributed by atoms with E-state index in [1.54, 1.807) is 24.3 Å². The second kappa shape index (κ2) is 8.25. The predicted molar refractivity (Wildman–Crippen MR) is 125 cm³/mol. The lowest BCUT2D eigenvalue weighted by molar-refractivity contribution is 0.0735. The van der Waals surface area contributed by atoms with E-state index in [2.05, 4.69) is 26.1 Å². The van der Waals surface area contributed by atoms with Crippen molar-refractivity contribution in [2.24, 2.45) is 0 Å². The van der Waals surface area contributed by atoms with E-state index in [0.717, 1.165) is 22.7 Å². The van der Waals surface area contributed by atoms with E-state index in [9.17, 15) is 4.79 Å². The fraction of sp³-hybridized carbons (Fsp3) is 0.167. The van der Waals surface area contributed by atoms with Crippen molar-refractivity contribution < 1.29 is 9.53 Å². The van der Waals surface area contributed by atoms with Crippen molar-refractivity contribution >= 4 is 40.6 Å². The molecule has 158 valence electrons. The van der Waals surface area contributed by atoms with Crippen LogP contribution in [0.5, 0.6) is 5.75 Å². The highest BCUT2D eigenvalue weighted by Crippen LogP contribution is 2.33. The molecule has 0 atom stereocenters. The Morgan fingerprint density at radius 3 is 2.58 bits per heavy atom. The number of benzene rings is 2. The molecule has 0 saturated heterocycles. The van der Waals surface area contributed by atoms with Gasteiger partial charge in [0.25, 0.3) is 0 Å². The van der Waals surface area contributed by atoms with Crippen LogP contribution in [0, 0.1) is 0 Å². The van der Waals surface area contributed by atoms with Crippen LogP contribution >= 0.6 is 23.2 Å². The molecule has 31 heavy (non-hydrogen) atoms. The van der Waals surface area contributed by atoms with E-state index in [1.165, 1.54) is 6.07 Å². The predicted octanol–water partition coefficient (Wildman–Crippen LogP) is 6.74. The van der Waals surface area contributed by atoms with Gasteiger partial charge in [-0.3, -0.25) is 4.40 Å². The Balaban J connectivity index is 1.71. The molecule has 4 rings (SSSR count). The topological polar surface area (TPSA) is 55.6 Å². The second-order valence-electron chi connectivity index (χ2n) is 8.15. The number of aromatic nitrogens is 2. The lowest BCUT2D eigenvalue weighted by atomic mass is 10.1. The monoisotopic (exact) mass is 453 g/mol. The third-order valence-corrected chi connectivity index (χ3v) is 5.04. The number of anilines is 1. The van der Waals surface area contributed by atoms with Crippen molar-refractivity contribution in [3.8, 4) is 17.0 Å². The number of rotatable bonds is 4. The number of fused-ring (bicyclic) bond motifs is 1. The van der Waals surface area contributed by atoms with Gasteiger partial charge in [0.1, 0.15) is 22.9 Å². The minimum Gasteiger partial charge on any atom is -0.423 e. The Hall–Kier alpha value is -3.02. The number of nitrogens with one attached hydrogen (secondary N) is 1. The minimum absolute atomic E-state index is 0.171. The first-order valence-electron chi connectivity index (χ1n) is 9.74. The molecule has 4 aromatic rings. The number of hydrogen-bond acceptors (Lipinski definition) is 4. The quantitative estimate of drug-likeness (QED) is 0.274. The van der Waals surface area contributed by atoms with Crippen LogP contribution in [0.25, 0.3) is 16.9 Å². The van der Waals surface area contributed by atoms with Gasteiger partial charge < -0.3 is 10.1 Å². The smallest absolute Gasteiger partial charge is 0.345 e. The molecule has 0 radical (unpaired) electrons. The highest BCUT2D eigenvalue weighted by Gasteiger charge is 2.20. The van der Waals surface area contributed by atoms with Gasteiger partial charge in [0.15, 0.2) is 0 Å². The number of pyridine rings is 1. The molecule has 7 heteroatoms. The fourth-order valence-electron chi connectivity index (χ4n) is 3.20. The summed E-state index contributed by atoms with van der Waals surface area (Å²) in [6.45, 7) is 6.27. The van der Waals surface area contributed by atoms with Gasteiger partial charge in [-0.05, 0) is 63.2 Å². The van der Waals surface area contributed by atoms with Crippen LogP contribution in [0.2, 0.25) is 10.0 Å². The summed E-state index contributed by atoms with van der Waals surface area (Å²) in [5.74, 6) is 0.710. The highest BCUT2D eigenvalue weighted by molar-refractivity contribution is 6.36. The standard InChI is InChI=1S/C24H21Cl2N3O2/c1-24(2,3)28-22-21(27-20-9-4-5-12-29(20)22)15-7-6-8-17(13-15)31-23(30)18-11-10-16(25)14-19(18)26/h4-14,28H,1-3H3. The van der Waals surface area contributed by atoms with Crippen LogP contribution in [-0.2, 0) is 0 Å². The number of ether oxygens (including phenoxy) is 1. The summed E-state index contributed by atoms with van der Waals surface area (Å²) >= 11 is 12.1. The summed E-state index contributed by atoms with van der Waals surface area (Å²) < 4.78 is 7.58. The number of hydrogen-bond donors (Lipinski definition) is 1. The molecule has 0 amide bonds. The number of carbonyl (C=O) groups is 1. The Labute approximate surface area is 190 Å². The number of halogens is 2. The molecule has 0 bridgehead atoms. The van der Waals surface area contributed by atoms with Crippen LogP contribution in [0.1, 0.15) is 31.1 Å². The fourth-order valence-corrected chi connectivity index (χ4v) is 3.68. The summed E-state index contributed by atoms with van der Waals surface area (Å²) in [7, 11) is 0. The molecule has 0 aliphatic heterocycles. The molecule has 0 fully saturated rings. The molecule has 0 aliphatic rings. The first kappa shape index (κ1) is 21.2. The van der Waals surface area contributed by atoms with Gasteiger partial charge in [-0.15, -0.1) is 0 Å². The zero-order valence-electron chi connectivity index (χ0n) is 17.3. The third kappa shape index (κ3) is 4.68. The summed E-state index contributed by atoms with van der Waals surface area (Å²) in [6, 6.07) is 17.8. The third-order valence-electron chi connectivity index (χ3n) is 4.49.